The predicted molar refractivity (Wildman–Crippen MR) is 111 cm³/mol. The number of carbonyl (C=O) groups is 3. The van der Waals surface area contributed by atoms with Crippen LogP contribution in [0.5, 0.6) is 0 Å². The molecule has 0 fully saturated rings. The second kappa shape index (κ2) is 7.36. The van der Waals surface area contributed by atoms with Gasteiger partial charge in [-0.25, -0.2) is 0 Å². The van der Waals surface area contributed by atoms with Gasteiger partial charge in [-0.3, -0.25) is 24.2 Å². The van der Waals surface area contributed by atoms with Crippen molar-refractivity contribution in [2.75, 3.05) is 11.6 Å². The standard InChI is InChI=1S/C24H20N2O3/c1-16-10-12-19(13-11-16)25(22(27)18-7-5-6-17(2)14-18)15-26-23(28)20-8-3-4-9-21(20)24(26)29/h3-14H,15H2,1-2H3. The molecule has 0 saturated carbocycles. The molecule has 5 nitrogen and oxygen atoms in total. The van der Waals surface area contributed by atoms with Gasteiger partial charge < -0.3 is 0 Å². The molecule has 1 aliphatic heterocycles. The summed E-state index contributed by atoms with van der Waals surface area (Å²) in [6.07, 6.45) is 0. The molecule has 0 unspecified atom stereocenters. The quantitative estimate of drug-likeness (QED) is 0.634. The average Bonchev–Trinajstić information content (AvgIpc) is 2.97. The number of hydrogen-bond donors (Lipinski definition) is 0. The molecule has 29 heavy (non-hydrogen) atoms. The van der Waals surface area contributed by atoms with Crippen molar-refractivity contribution in [2.24, 2.45) is 0 Å². The highest BCUT2D eigenvalue weighted by Gasteiger charge is 2.37. The summed E-state index contributed by atoms with van der Waals surface area (Å²) in [6.45, 7) is 3.72. The highest BCUT2D eigenvalue weighted by atomic mass is 16.2. The Labute approximate surface area is 169 Å². The maximum absolute atomic E-state index is 13.3. The molecule has 0 atom stereocenters. The topological polar surface area (TPSA) is 57.7 Å². The lowest BCUT2D eigenvalue weighted by atomic mass is 10.1. The summed E-state index contributed by atoms with van der Waals surface area (Å²) >= 11 is 0. The molecule has 3 aromatic rings. The van der Waals surface area contributed by atoms with Crippen LogP contribution in [-0.2, 0) is 0 Å². The van der Waals surface area contributed by atoms with Gasteiger partial charge >= 0.3 is 0 Å². The Hall–Kier alpha value is -3.73. The summed E-state index contributed by atoms with van der Waals surface area (Å²) in [5.74, 6) is -1.05. The first-order valence-corrected chi connectivity index (χ1v) is 9.36. The van der Waals surface area contributed by atoms with E-state index in [0.717, 1.165) is 16.0 Å². The summed E-state index contributed by atoms with van der Waals surface area (Å²) < 4.78 is 0. The Kier molecular flexibility index (Phi) is 4.72. The fraction of sp³-hybridized carbons (Fsp3) is 0.125. The van der Waals surface area contributed by atoms with Gasteiger partial charge in [0.1, 0.15) is 6.67 Å². The van der Waals surface area contributed by atoms with E-state index in [2.05, 4.69) is 0 Å². The van der Waals surface area contributed by atoms with Gasteiger partial charge in [0.05, 0.1) is 11.1 Å². The van der Waals surface area contributed by atoms with Gasteiger partial charge in [0.15, 0.2) is 0 Å². The lowest BCUT2D eigenvalue weighted by molar-refractivity contribution is 0.0650. The molecule has 5 heteroatoms. The summed E-state index contributed by atoms with van der Waals surface area (Å²) in [5, 5.41) is 0. The molecule has 0 spiro atoms. The molecule has 0 aliphatic carbocycles. The second-order valence-electron chi connectivity index (χ2n) is 7.16. The first-order chi connectivity index (χ1) is 14.0. The molecular weight excluding hydrogens is 364 g/mol. The smallest absolute Gasteiger partial charge is 0.263 e. The highest BCUT2D eigenvalue weighted by molar-refractivity contribution is 6.22. The van der Waals surface area contributed by atoms with Gasteiger partial charge in [-0.05, 0) is 50.2 Å². The lowest BCUT2D eigenvalue weighted by Gasteiger charge is -2.27. The normalized spacial score (nSPS) is 12.8. The van der Waals surface area contributed by atoms with Gasteiger partial charge in [0.2, 0.25) is 0 Å². The van der Waals surface area contributed by atoms with E-state index >= 15 is 0 Å². The zero-order valence-corrected chi connectivity index (χ0v) is 16.3. The summed E-state index contributed by atoms with van der Waals surface area (Å²) in [7, 11) is 0. The van der Waals surface area contributed by atoms with Gasteiger partial charge in [-0.1, -0.05) is 47.5 Å². The van der Waals surface area contributed by atoms with Crippen LogP contribution in [0.3, 0.4) is 0 Å². The van der Waals surface area contributed by atoms with Crippen LogP contribution in [0.1, 0.15) is 42.2 Å². The zero-order valence-electron chi connectivity index (χ0n) is 16.3. The number of imide groups is 1. The van der Waals surface area contributed by atoms with Crippen molar-refractivity contribution in [3.05, 3.63) is 101 Å². The number of fused-ring (bicyclic) bond motifs is 1. The van der Waals surface area contributed by atoms with Crippen molar-refractivity contribution in [2.45, 2.75) is 13.8 Å². The zero-order chi connectivity index (χ0) is 20.5. The van der Waals surface area contributed by atoms with Crippen LogP contribution in [0, 0.1) is 13.8 Å². The van der Waals surface area contributed by atoms with Gasteiger partial charge in [-0.2, -0.15) is 0 Å². The fourth-order valence-corrected chi connectivity index (χ4v) is 3.43. The number of amides is 3. The summed E-state index contributed by atoms with van der Waals surface area (Å²) in [4.78, 5) is 41.5. The third-order valence-corrected chi connectivity index (χ3v) is 5.02. The molecule has 4 rings (SSSR count). The van der Waals surface area contributed by atoms with E-state index in [0.29, 0.717) is 22.4 Å². The molecule has 144 valence electrons. The van der Waals surface area contributed by atoms with Gasteiger partial charge in [-0.15, -0.1) is 0 Å². The predicted octanol–water partition coefficient (Wildman–Crippen LogP) is 4.20. The van der Waals surface area contributed by atoms with E-state index < -0.39 is 0 Å². The lowest BCUT2D eigenvalue weighted by Crippen LogP contribution is -2.44. The van der Waals surface area contributed by atoms with Crippen molar-refractivity contribution in [1.29, 1.82) is 0 Å². The van der Waals surface area contributed by atoms with E-state index in [4.69, 9.17) is 0 Å². The second-order valence-corrected chi connectivity index (χ2v) is 7.16. The minimum Gasteiger partial charge on any atom is -0.290 e. The third kappa shape index (κ3) is 3.43. The molecule has 0 radical (unpaired) electrons. The Morgan fingerprint density at radius 2 is 1.41 bits per heavy atom. The first-order valence-electron chi connectivity index (χ1n) is 9.36. The fourth-order valence-electron chi connectivity index (χ4n) is 3.43. The maximum Gasteiger partial charge on any atom is 0.263 e. The van der Waals surface area contributed by atoms with Crippen LogP contribution in [0.4, 0.5) is 5.69 Å². The third-order valence-electron chi connectivity index (χ3n) is 5.02. The van der Waals surface area contributed by atoms with Crippen LogP contribution in [0.15, 0.2) is 72.8 Å². The van der Waals surface area contributed by atoms with Crippen molar-refractivity contribution in [1.82, 2.24) is 4.90 Å². The largest absolute Gasteiger partial charge is 0.290 e. The van der Waals surface area contributed by atoms with Gasteiger partial charge in [0.25, 0.3) is 17.7 Å². The molecule has 1 heterocycles. The number of carbonyl (C=O) groups excluding carboxylic acids is 3. The summed E-state index contributed by atoms with van der Waals surface area (Å²) in [5.41, 5.74) is 3.87. The Morgan fingerprint density at radius 3 is 2.00 bits per heavy atom. The molecular formula is C24H20N2O3. The van der Waals surface area contributed by atoms with E-state index in [1.165, 1.54) is 4.90 Å². The molecule has 1 aliphatic rings. The highest BCUT2D eigenvalue weighted by Crippen LogP contribution is 2.25. The van der Waals surface area contributed by atoms with Crippen LogP contribution in [0.25, 0.3) is 0 Å². The van der Waals surface area contributed by atoms with E-state index in [9.17, 15) is 14.4 Å². The monoisotopic (exact) mass is 384 g/mol. The number of hydrogen-bond acceptors (Lipinski definition) is 3. The van der Waals surface area contributed by atoms with Crippen LogP contribution >= 0.6 is 0 Å². The summed E-state index contributed by atoms with van der Waals surface area (Å²) in [6, 6.07) is 21.4. The Bertz CT molecular complexity index is 1080. The SMILES string of the molecule is Cc1ccc(N(CN2C(=O)c3ccccc3C2=O)C(=O)c2cccc(C)c2)cc1. The average molecular weight is 384 g/mol. The molecule has 0 N–H and O–H groups in total. The molecule has 0 aromatic heterocycles. The molecule has 3 aromatic carbocycles. The van der Waals surface area contributed by atoms with E-state index in [1.54, 1.807) is 36.4 Å². The van der Waals surface area contributed by atoms with Crippen molar-refractivity contribution < 1.29 is 14.4 Å². The number of nitrogens with zero attached hydrogens (tertiary/aromatic N) is 2. The Balaban J connectivity index is 1.72. The first kappa shape index (κ1) is 18.6. The van der Waals surface area contributed by atoms with Crippen LogP contribution < -0.4 is 4.90 Å². The number of benzene rings is 3. The van der Waals surface area contributed by atoms with Gasteiger partial charge in [0, 0.05) is 11.3 Å². The number of aryl methyl sites for hydroxylation is 2. The van der Waals surface area contributed by atoms with Crippen LogP contribution in [-0.4, -0.2) is 29.3 Å². The molecule has 0 saturated heterocycles. The number of anilines is 1. The Morgan fingerprint density at radius 1 is 0.793 bits per heavy atom. The molecule has 0 bridgehead atoms. The molecule has 3 amide bonds. The van der Waals surface area contributed by atoms with Crippen molar-refractivity contribution in [3.63, 3.8) is 0 Å². The van der Waals surface area contributed by atoms with E-state index in [-0.39, 0.29) is 24.4 Å². The van der Waals surface area contributed by atoms with Crippen molar-refractivity contribution in [3.8, 4) is 0 Å². The minimum atomic E-state index is -0.389. The minimum absolute atomic E-state index is 0.151. The van der Waals surface area contributed by atoms with E-state index in [1.807, 2.05) is 50.2 Å². The number of rotatable bonds is 4. The maximum atomic E-state index is 13.3. The van der Waals surface area contributed by atoms with Crippen LogP contribution in [0.2, 0.25) is 0 Å². The van der Waals surface area contributed by atoms with Crippen molar-refractivity contribution >= 4 is 23.4 Å².